The largest absolute Gasteiger partial charge is 0.497 e. The van der Waals surface area contributed by atoms with Gasteiger partial charge in [0.05, 0.1) is 18.1 Å². The van der Waals surface area contributed by atoms with Crippen molar-refractivity contribution in [2.45, 2.75) is 32.2 Å². The summed E-state index contributed by atoms with van der Waals surface area (Å²) in [7, 11) is 1.69. The lowest BCUT2D eigenvalue weighted by molar-refractivity contribution is 0.415. The van der Waals surface area contributed by atoms with E-state index >= 15 is 0 Å². The van der Waals surface area contributed by atoms with E-state index in [0.29, 0.717) is 6.04 Å². The molecule has 0 saturated heterocycles. The Morgan fingerprint density at radius 1 is 1.50 bits per heavy atom. The lowest BCUT2D eigenvalue weighted by atomic mass is 10.2. The number of hydrogen-bond donors (Lipinski definition) is 1. The number of aromatic nitrogens is 2. The van der Waals surface area contributed by atoms with Gasteiger partial charge in [0.1, 0.15) is 5.75 Å². The second-order valence-electron chi connectivity index (χ2n) is 5.04. The summed E-state index contributed by atoms with van der Waals surface area (Å²) < 4.78 is 8.36. The molecule has 0 bridgehead atoms. The molecule has 1 aromatic heterocycles. The molecule has 1 N–H and O–H groups in total. The van der Waals surface area contributed by atoms with Crippen LogP contribution in [0.2, 0.25) is 0 Å². The van der Waals surface area contributed by atoms with E-state index in [4.69, 9.17) is 17.0 Å². The molecule has 96 valence electrons. The Bertz CT molecular complexity index is 628. The van der Waals surface area contributed by atoms with Crippen LogP contribution in [-0.2, 0) is 0 Å². The minimum Gasteiger partial charge on any atom is -0.497 e. The predicted molar refractivity (Wildman–Crippen MR) is 75.7 cm³/mol. The second kappa shape index (κ2) is 4.43. The molecule has 1 aliphatic rings. The van der Waals surface area contributed by atoms with Crippen LogP contribution in [0.5, 0.6) is 5.75 Å². The maximum atomic E-state index is 5.45. The third kappa shape index (κ3) is 1.85. The molecule has 1 saturated carbocycles. The monoisotopic (exact) mass is 262 g/mol. The van der Waals surface area contributed by atoms with Crippen molar-refractivity contribution in [2.75, 3.05) is 7.11 Å². The number of imidazole rings is 1. The Morgan fingerprint density at radius 3 is 3.06 bits per heavy atom. The molecule has 2 aromatic rings. The van der Waals surface area contributed by atoms with Crippen LogP contribution in [0, 0.1) is 10.7 Å². The molecule has 4 heteroatoms. The van der Waals surface area contributed by atoms with Crippen molar-refractivity contribution in [2.24, 2.45) is 5.92 Å². The Kier molecular flexibility index (Phi) is 2.90. The zero-order valence-electron chi connectivity index (χ0n) is 10.8. The number of benzene rings is 1. The fourth-order valence-electron chi connectivity index (χ4n) is 2.80. The molecule has 1 aromatic carbocycles. The quantitative estimate of drug-likeness (QED) is 0.842. The average Bonchev–Trinajstić information content (AvgIpc) is 3.02. The number of fused-ring (bicyclic) bond motifs is 1. The molecule has 3 rings (SSSR count). The van der Waals surface area contributed by atoms with Crippen LogP contribution >= 0.6 is 12.2 Å². The highest BCUT2D eigenvalue weighted by molar-refractivity contribution is 7.71. The van der Waals surface area contributed by atoms with Crippen molar-refractivity contribution in [3.05, 3.63) is 23.0 Å². The number of H-pyrrole nitrogens is 1. The first-order valence-electron chi connectivity index (χ1n) is 6.53. The van der Waals surface area contributed by atoms with Crippen molar-refractivity contribution >= 4 is 23.3 Å². The number of methoxy groups -OCH3 is 1. The van der Waals surface area contributed by atoms with Crippen LogP contribution in [0.15, 0.2) is 18.2 Å². The van der Waals surface area contributed by atoms with E-state index in [1.54, 1.807) is 7.11 Å². The van der Waals surface area contributed by atoms with E-state index in [0.717, 1.165) is 22.0 Å². The zero-order valence-corrected chi connectivity index (χ0v) is 11.6. The highest BCUT2D eigenvalue weighted by Crippen LogP contribution is 2.47. The SMILES string of the molecule is CCCC1CC1n1c(=S)[nH]c2cc(OC)ccc21. The zero-order chi connectivity index (χ0) is 12.7. The van der Waals surface area contributed by atoms with Gasteiger partial charge >= 0.3 is 0 Å². The second-order valence-corrected chi connectivity index (χ2v) is 5.42. The maximum absolute atomic E-state index is 5.45. The van der Waals surface area contributed by atoms with Gasteiger partial charge in [-0.1, -0.05) is 13.3 Å². The summed E-state index contributed by atoms with van der Waals surface area (Å²) in [6, 6.07) is 6.71. The third-order valence-corrected chi connectivity index (χ3v) is 4.10. The number of rotatable bonds is 4. The topological polar surface area (TPSA) is 29.9 Å². The molecule has 0 aliphatic heterocycles. The first-order chi connectivity index (χ1) is 8.74. The maximum Gasteiger partial charge on any atom is 0.178 e. The summed E-state index contributed by atoms with van der Waals surface area (Å²) >= 11 is 5.45. The number of aromatic amines is 1. The van der Waals surface area contributed by atoms with Crippen molar-refractivity contribution in [3.63, 3.8) is 0 Å². The van der Waals surface area contributed by atoms with Gasteiger partial charge in [-0.25, -0.2) is 0 Å². The van der Waals surface area contributed by atoms with Crippen molar-refractivity contribution in [3.8, 4) is 5.75 Å². The normalized spacial score (nSPS) is 22.3. The first kappa shape index (κ1) is 11.8. The molecule has 0 amide bonds. The van der Waals surface area contributed by atoms with Gasteiger partial charge in [-0.15, -0.1) is 0 Å². The molecular weight excluding hydrogens is 244 g/mol. The van der Waals surface area contributed by atoms with Crippen LogP contribution in [0.3, 0.4) is 0 Å². The predicted octanol–water partition coefficient (Wildman–Crippen LogP) is 4.07. The van der Waals surface area contributed by atoms with E-state index in [-0.39, 0.29) is 0 Å². The smallest absolute Gasteiger partial charge is 0.178 e. The first-order valence-corrected chi connectivity index (χ1v) is 6.93. The van der Waals surface area contributed by atoms with E-state index in [1.165, 1.54) is 24.8 Å². The van der Waals surface area contributed by atoms with Crippen LogP contribution in [0.4, 0.5) is 0 Å². The molecule has 3 nitrogen and oxygen atoms in total. The number of nitrogens with zero attached hydrogens (tertiary/aromatic N) is 1. The van der Waals surface area contributed by atoms with Gasteiger partial charge in [0.25, 0.3) is 0 Å². The summed E-state index contributed by atoms with van der Waals surface area (Å²) in [5.74, 6) is 1.68. The summed E-state index contributed by atoms with van der Waals surface area (Å²) in [6.45, 7) is 2.24. The van der Waals surface area contributed by atoms with E-state index in [2.05, 4.69) is 22.5 Å². The Labute approximate surface area is 112 Å². The standard InChI is InChI=1S/C14H18N2OS/c1-3-4-9-7-13(9)16-12-6-5-10(17-2)8-11(12)15-14(16)18/h5-6,8-9,13H,3-4,7H2,1-2H3,(H,15,18). The molecule has 18 heavy (non-hydrogen) atoms. The van der Waals surface area contributed by atoms with E-state index < -0.39 is 0 Å². The fourth-order valence-corrected chi connectivity index (χ4v) is 3.14. The molecule has 2 unspecified atom stereocenters. The van der Waals surface area contributed by atoms with Crippen molar-refractivity contribution < 1.29 is 4.74 Å². The van der Waals surface area contributed by atoms with Gasteiger partial charge in [-0.05, 0) is 43.1 Å². The Balaban J connectivity index is 2.02. The molecular formula is C14H18N2OS. The van der Waals surface area contributed by atoms with Gasteiger partial charge in [-0.2, -0.15) is 0 Å². The van der Waals surface area contributed by atoms with Gasteiger partial charge in [0, 0.05) is 12.1 Å². The van der Waals surface area contributed by atoms with E-state index in [1.807, 2.05) is 12.1 Å². The van der Waals surface area contributed by atoms with Crippen molar-refractivity contribution in [1.29, 1.82) is 0 Å². The average molecular weight is 262 g/mol. The Hall–Kier alpha value is -1.29. The lowest BCUT2D eigenvalue weighted by Gasteiger charge is -2.04. The third-order valence-electron chi connectivity index (χ3n) is 3.80. The molecule has 0 spiro atoms. The van der Waals surface area contributed by atoms with Gasteiger partial charge in [0.2, 0.25) is 0 Å². The van der Waals surface area contributed by atoms with E-state index in [9.17, 15) is 0 Å². The number of hydrogen-bond acceptors (Lipinski definition) is 2. The molecule has 1 aliphatic carbocycles. The lowest BCUT2D eigenvalue weighted by Crippen LogP contribution is -1.96. The van der Waals surface area contributed by atoms with Crippen LogP contribution < -0.4 is 4.74 Å². The van der Waals surface area contributed by atoms with Gasteiger partial charge in [-0.3, -0.25) is 0 Å². The summed E-state index contributed by atoms with van der Waals surface area (Å²) in [5, 5.41) is 0. The summed E-state index contributed by atoms with van der Waals surface area (Å²) in [4.78, 5) is 3.28. The molecule has 0 radical (unpaired) electrons. The van der Waals surface area contributed by atoms with Crippen LogP contribution in [0.25, 0.3) is 11.0 Å². The fraction of sp³-hybridized carbons (Fsp3) is 0.500. The number of ether oxygens (including phenoxy) is 1. The summed E-state index contributed by atoms with van der Waals surface area (Å²) in [5.41, 5.74) is 2.27. The van der Waals surface area contributed by atoms with Crippen molar-refractivity contribution in [1.82, 2.24) is 9.55 Å². The summed E-state index contributed by atoms with van der Waals surface area (Å²) in [6.07, 6.45) is 3.82. The molecule has 1 heterocycles. The van der Waals surface area contributed by atoms with Gasteiger partial charge < -0.3 is 14.3 Å². The highest BCUT2D eigenvalue weighted by Gasteiger charge is 2.38. The molecule has 2 atom stereocenters. The van der Waals surface area contributed by atoms with Crippen LogP contribution in [-0.4, -0.2) is 16.7 Å². The minimum absolute atomic E-state index is 0.597. The Morgan fingerprint density at radius 2 is 2.33 bits per heavy atom. The number of nitrogens with one attached hydrogen (secondary N) is 1. The molecule has 1 fully saturated rings. The minimum atomic E-state index is 0.597. The highest BCUT2D eigenvalue weighted by atomic mass is 32.1. The van der Waals surface area contributed by atoms with Crippen LogP contribution in [0.1, 0.15) is 32.2 Å². The van der Waals surface area contributed by atoms with Gasteiger partial charge in [0.15, 0.2) is 4.77 Å².